The predicted molar refractivity (Wildman–Crippen MR) is 117 cm³/mol. The van der Waals surface area contributed by atoms with Crippen molar-refractivity contribution >= 4 is 5.91 Å². The maximum absolute atomic E-state index is 13.4. The van der Waals surface area contributed by atoms with E-state index in [1.54, 1.807) is 18.0 Å². The van der Waals surface area contributed by atoms with Gasteiger partial charge in [0.1, 0.15) is 23.2 Å². The molecule has 2 aromatic heterocycles. The van der Waals surface area contributed by atoms with E-state index in [1.807, 2.05) is 42.3 Å². The van der Waals surface area contributed by atoms with Crippen LogP contribution in [-0.2, 0) is 19.9 Å². The number of amides is 1. The molecule has 3 aromatic rings. The van der Waals surface area contributed by atoms with Crippen LogP contribution in [0.15, 0.2) is 40.9 Å². The van der Waals surface area contributed by atoms with Crippen molar-refractivity contribution in [2.45, 2.75) is 51.5 Å². The van der Waals surface area contributed by atoms with Crippen LogP contribution in [0.1, 0.15) is 72.0 Å². The zero-order chi connectivity index (χ0) is 21.8. The molecule has 31 heavy (non-hydrogen) atoms. The maximum atomic E-state index is 13.4. The van der Waals surface area contributed by atoms with E-state index in [2.05, 4.69) is 17.0 Å². The molecule has 0 saturated carbocycles. The van der Waals surface area contributed by atoms with Gasteiger partial charge in [0.25, 0.3) is 5.91 Å². The van der Waals surface area contributed by atoms with E-state index in [-0.39, 0.29) is 11.9 Å². The zero-order valence-electron chi connectivity index (χ0n) is 18.5. The molecule has 3 heterocycles. The molecule has 164 valence electrons. The number of rotatable bonds is 7. The molecule has 4 rings (SSSR count). The van der Waals surface area contributed by atoms with Gasteiger partial charge in [-0.3, -0.25) is 9.48 Å². The number of carbonyl (C=O) groups is 1. The van der Waals surface area contributed by atoms with Gasteiger partial charge in [0, 0.05) is 20.0 Å². The molecule has 1 aromatic carbocycles. The number of hydrogen-bond donors (Lipinski definition) is 0. The highest BCUT2D eigenvalue weighted by atomic mass is 16.5. The third kappa shape index (κ3) is 4.65. The van der Waals surface area contributed by atoms with Gasteiger partial charge >= 0.3 is 0 Å². The number of aromatic nitrogens is 3. The van der Waals surface area contributed by atoms with Crippen molar-refractivity contribution in [3.05, 3.63) is 65.1 Å². The van der Waals surface area contributed by atoms with Crippen LogP contribution < -0.4 is 4.74 Å². The van der Waals surface area contributed by atoms with Gasteiger partial charge < -0.3 is 14.1 Å². The van der Waals surface area contributed by atoms with E-state index in [1.165, 1.54) is 0 Å². The summed E-state index contributed by atoms with van der Waals surface area (Å²) in [6.07, 6.45) is 7.17. The number of likely N-dealkylation sites (tertiary alicyclic amines) is 1. The number of carbonyl (C=O) groups excluding carboxylic acids is 1. The Hall–Kier alpha value is -3.09. The number of ether oxygens (including phenoxy) is 1. The van der Waals surface area contributed by atoms with Crippen molar-refractivity contribution in [2.24, 2.45) is 7.05 Å². The molecule has 1 amide bonds. The van der Waals surface area contributed by atoms with E-state index >= 15 is 0 Å². The van der Waals surface area contributed by atoms with E-state index in [9.17, 15) is 4.79 Å². The summed E-state index contributed by atoms with van der Waals surface area (Å²) >= 11 is 0. The van der Waals surface area contributed by atoms with E-state index in [0.717, 1.165) is 54.9 Å². The summed E-state index contributed by atoms with van der Waals surface area (Å²) in [5.74, 6) is 2.21. The first kappa shape index (κ1) is 21.2. The van der Waals surface area contributed by atoms with Crippen molar-refractivity contribution in [3.8, 4) is 5.75 Å². The Morgan fingerprint density at radius 1 is 1.29 bits per heavy atom. The van der Waals surface area contributed by atoms with E-state index < -0.39 is 0 Å². The molecule has 7 heteroatoms. The smallest absolute Gasteiger partial charge is 0.272 e. The summed E-state index contributed by atoms with van der Waals surface area (Å²) in [6.45, 7) is 2.81. The monoisotopic (exact) mass is 422 g/mol. The van der Waals surface area contributed by atoms with E-state index in [0.29, 0.717) is 24.6 Å². The predicted octanol–water partition coefficient (Wildman–Crippen LogP) is 4.33. The summed E-state index contributed by atoms with van der Waals surface area (Å²) in [4.78, 5) is 19.8. The summed E-state index contributed by atoms with van der Waals surface area (Å²) in [5, 5.41) is 4.50. The van der Waals surface area contributed by atoms with E-state index in [4.69, 9.17) is 9.15 Å². The third-order valence-electron chi connectivity index (χ3n) is 5.79. The van der Waals surface area contributed by atoms with Gasteiger partial charge in [-0.1, -0.05) is 25.5 Å². The molecule has 1 saturated heterocycles. The Balaban J connectivity index is 1.53. The lowest BCUT2D eigenvalue weighted by Gasteiger charge is -2.33. The molecule has 1 aliphatic heterocycles. The standard InChI is InChI=1S/C24H30N4O3/c1-4-8-18-15-22(27(2)26-18)24(29)28-12-6-5-11-21(28)23-25-16-20(31-23)14-17-9-7-10-19(13-17)30-3/h7,9-10,13,15-16,21H,4-6,8,11-12,14H2,1-3H3. The minimum atomic E-state index is -0.148. The van der Waals surface area contributed by atoms with Crippen LogP contribution in [0.5, 0.6) is 5.75 Å². The quantitative estimate of drug-likeness (QED) is 0.567. The Kier molecular flexibility index (Phi) is 6.39. The third-order valence-corrected chi connectivity index (χ3v) is 5.79. The highest BCUT2D eigenvalue weighted by Gasteiger charge is 2.33. The van der Waals surface area contributed by atoms with Gasteiger partial charge in [-0.2, -0.15) is 5.10 Å². The molecule has 1 unspecified atom stereocenters. The molecule has 1 aliphatic rings. The summed E-state index contributed by atoms with van der Waals surface area (Å²) < 4.78 is 13.1. The molecule has 0 spiro atoms. The average molecular weight is 423 g/mol. The zero-order valence-corrected chi connectivity index (χ0v) is 18.5. The lowest BCUT2D eigenvalue weighted by Crippen LogP contribution is -2.39. The fourth-order valence-corrected chi connectivity index (χ4v) is 4.23. The normalized spacial score (nSPS) is 16.5. The van der Waals surface area contributed by atoms with Crippen molar-refractivity contribution < 1.29 is 13.9 Å². The fourth-order valence-electron chi connectivity index (χ4n) is 4.23. The Morgan fingerprint density at radius 3 is 2.97 bits per heavy atom. The average Bonchev–Trinajstić information content (AvgIpc) is 3.40. The first-order valence-electron chi connectivity index (χ1n) is 11.0. The first-order chi connectivity index (χ1) is 15.1. The topological polar surface area (TPSA) is 73.4 Å². The summed E-state index contributed by atoms with van der Waals surface area (Å²) in [7, 11) is 3.50. The van der Waals surface area contributed by atoms with Crippen LogP contribution in [0.4, 0.5) is 0 Å². The van der Waals surface area contributed by atoms with Crippen LogP contribution in [0.2, 0.25) is 0 Å². The molecular formula is C24H30N4O3. The number of methoxy groups -OCH3 is 1. The van der Waals surface area contributed by atoms with Crippen LogP contribution in [0, 0.1) is 0 Å². The molecule has 1 atom stereocenters. The fraction of sp³-hybridized carbons (Fsp3) is 0.458. The van der Waals surface area contributed by atoms with Gasteiger partial charge in [-0.05, 0) is 49.4 Å². The van der Waals surface area contributed by atoms with Gasteiger partial charge in [-0.15, -0.1) is 0 Å². The minimum Gasteiger partial charge on any atom is -0.497 e. The van der Waals surface area contributed by atoms with Gasteiger partial charge in [0.05, 0.1) is 19.0 Å². The number of piperidine rings is 1. The molecular weight excluding hydrogens is 392 g/mol. The second kappa shape index (κ2) is 9.37. The highest BCUT2D eigenvalue weighted by molar-refractivity contribution is 5.93. The minimum absolute atomic E-state index is 0.00500. The van der Waals surface area contributed by atoms with Crippen molar-refractivity contribution in [1.29, 1.82) is 0 Å². The second-order valence-corrected chi connectivity index (χ2v) is 8.10. The van der Waals surface area contributed by atoms with Crippen LogP contribution in [-0.4, -0.2) is 39.2 Å². The first-order valence-corrected chi connectivity index (χ1v) is 11.0. The summed E-state index contributed by atoms with van der Waals surface area (Å²) in [5.41, 5.74) is 2.68. The van der Waals surface area contributed by atoms with Crippen molar-refractivity contribution in [3.63, 3.8) is 0 Å². The second-order valence-electron chi connectivity index (χ2n) is 8.10. The SMILES string of the molecule is CCCc1cc(C(=O)N2CCCCC2c2ncc(Cc3cccc(OC)c3)o2)n(C)n1. The summed E-state index contributed by atoms with van der Waals surface area (Å²) in [6, 6.07) is 9.69. The number of nitrogens with zero attached hydrogens (tertiary/aromatic N) is 4. The number of oxazole rings is 1. The van der Waals surface area contributed by atoms with Gasteiger partial charge in [-0.25, -0.2) is 4.98 Å². The van der Waals surface area contributed by atoms with Crippen LogP contribution in [0.3, 0.4) is 0 Å². The lowest BCUT2D eigenvalue weighted by atomic mass is 10.0. The maximum Gasteiger partial charge on any atom is 0.272 e. The Morgan fingerprint density at radius 2 is 2.16 bits per heavy atom. The van der Waals surface area contributed by atoms with Crippen LogP contribution >= 0.6 is 0 Å². The number of hydrogen-bond acceptors (Lipinski definition) is 5. The van der Waals surface area contributed by atoms with Crippen LogP contribution in [0.25, 0.3) is 0 Å². The number of aryl methyl sites for hydroxylation is 2. The molecule has 0 bridgehead atoms. The molecule has 7 nitrogen and oxygen atoms in total. The molecule has 0 radical (unpaired) electrons. The van der Waals surface area contributed by atoms with Crippen molar-refractivity contribution in [2.75, 3.05) is 13.7 Å². The highest BCUT2D eigenvalue weighted by Crippen LogP contribution is 2.32. The van der Waals surface area contributed by atoms with Gasteiger partial charge in [0.15, 0.2) is 0 Å². The molecule has 1 fully saturated rings. The van der Waals surface area contributed by atoms with Gasteiger partial charge in [0.2, 0.25) is 5.89 Å². The molecule has 0 N–H and O–H groups in total. The molecule has 0 aliphatic carbocycles. The Bertz CT molecular complexity index is 1040. The van der Waals surface area contributed by atoms with Crippen molar-refractivity contribution in [1.82, 2.24) is 19.7 Å². The Labute approximate surface area is 183 Å². The number of benzene rings is 1. The lowest BCUT2D eigenvalue weighted by molar-refractivity contribution is 0.0558. The largest absolute Gasteiger partial charge is 0.497 e.